The lowest BCUT2D eigenvalue weighted by Gasteiger charge is -2.29. The van der Waals surface area contributed by atoms with E-state index in [1.54, 1.807) is 19.9 Å². The van der Waals surface area contributed by atoms with Gasteiger partial charge in [-0.1, -0.05) is 6.07 Å². The molecule has 1 aliphatic rings. The van der Waals surface area contributed by atoms with Gasteiger partial charge in [0, 0.05) is 18.8 Å². The van der Waals surface area contributed by atoms with Gasteiger partial charge in [0.15, 0.2) is 0 Å². The van der Waals surface area contributed by atoms with E-state index in [-0.39, 0.29) is 23.6 Å². The number of fused-ring (bicyclic) bond motifs is 1. The van der Waals surface area contributed by atoms with Gasteiger partial charge in [0.1, 0.15) is 15.7 Å². The van der Waals surface area contributed by atoms with E-state index < -0.39 is 15.9 Å². The second-order valence-corrected chi connectivity index (χ2v) is 8.30. The summed E-state index contributed by atoms with van der Waals surface area (Å²) in [6.45, 7) is 3.93. The van der Waals surface area contributed by atoms with E-state index in [1.165, 1.54) is 17.0 Å². The molecule has 0 aliphatic heterocycles. The highest BCUT2D eigenvalue weighted by atomic mass is 32.2. The van der Waals surface area contributed by atoms with Crippen molar-refractivity contribution < 1.29 is 17.6 Å². The first-order valence-corrected chi connectivity index (χ1v) is 9.80. The molecule has 1 aromatic rings. The molecule has 0 spiro atoms. The maximum absolute atomic E-state index is 13.4. The molecular weight excluding hydrogens is 319 g/mol. The fourth-order valence-corrected chi connectivity index (χ4v) is 4.19. The first-order chi connectivity index (χ1) is 10.7. The molecule has 0 bridgehead atoms. The minimum absolute atomic E-state index is 0.0792. The van der Waals surface area contributed by atoms with Gasteiger partial charge in [-0.05, 0) is 49.9 Å². The van der Waals surface area contributed by atoms with Crippen molar-refractivity contribution in [2.75, 3.05) is 18.6 Å². The molecule has 128 valence electrons. The monoisotopic (exact) mass is 342 g/mol. The highest BCUT2D eigenvalue weighted by Crippen LogP contribution is 2.31. The van der Waals surface area contributed by atoms with E-state index >= 15 is 0 Å². The van der Waals surface area contributed by atoms with Crippen molar-refractivity contribution in [1.82, 2.24) is 10.2 Å². The van der Waals surface area contributed by atoms with Crippen LogP contribution in [0.5, 0.6) is 0 Å². The number of carbonyl (C=O) groups is 1. The molecule has 23 heavy (non-hydrogen) atoms. The zero-order chi connectivity index (χ0) is 17.2. The second-order valence-electron chi connectivity index (χ2n) is 6.11. The molecule has 2 rings (SSSR count). The largest absolute Gasteiger partial charge is 0.331 e. The van der Waals surface area contributed by atoms with E-state index in [0.717, 1.165) is 30.2 Å². The predicted molar refractivity (Wildman–Crippen MR) is 87.5 cm³/mol. The molecule has 0 heterocycles. The molecule has 0 radical (unpaired) electrons. The Labute approximate surface area is 136 Å². The molecule has 2 amide bonds. The third kappa shape index (κ3) is 4.43. The summed E-state index contributed by atoms with van der Waals surface area (Å²) in [6.07, 6.45) is 2.68. The van der Waals surface area contributed by atoms with Gasteiger partial charge in [-0.2, -0.15) is 0 Å². The Morgan fingerprint density at radius 3 is 2.78 bits per heavy atom. The maximum atomic E-state index is 13.4. The molecule has 2 atom stereocenters. The van der Waals surface area contributed by atoms with E-state index in [2.05, 4.69) is 5.32 Å². The van der Waals surface area contributed by atoms with Crippen LogP contribution in [0, 0.1) is 5.82 Å². The summed E-state index contributed by atoms with van der Waals surface area (Å²) in [6, 6.07) is 3.68. The Hall–Kier alpha value is -1.63. The molecule has 0 unspecified atom stereocenters. The molecule has 5 nitrogen and oxygen atoms in total. The van der Waals surface area contributed by atoms with Crippen LogP contribution in [-0.4, -0.2) is 43.9 Å². The first kappa shape index (κ1) is 17.7. The Balaban J connectivity index is 2.08. The van der Waals surface area contributed by atoms with Crippen LogP contribution in [0.4, 0.5) is 9.18 Å². The Morgan fingerprint density at radius 2 is 2.17 bits per heavy atom. The topological polar surface area (TPSA) is 66.5 Å². The molecular formula is C16H23FN2O3S. The van der Waals surface area contributed by atoms with Crippen molar-refractivity contribution >= 4 is 15.9 Å². The van der Waals surface area contributed by atoms with Crippen LogP contribution in [0.25, 0.3) is 0 Å². The quantitative estimate of drug-likeness (QED) is 0.893. The summed E-state index contributed by atoms with van der Waals surface area (Å²) in [4.78, 5) is 14.0. The maximum Gasteiger partial charge on any atom is 0.318 e. The molecule has 0 aromatic heterocycles. The SMILES string of the molecule is CCN(C(=O)N[C@H]1CCc2ccc(F)cc21)[C@@H](C)CS(C)(=O)=O. The van der Waals surface area contributed by atoms with Crippen LogP contribution in [-0.2, 0) is 16.3 Å². The third-order valence-corrected chi connectivity index (χ3v) is 5.25. The van der Waals surface area contributed by atoms with Crippen LogP contribution in [0.15, 0.2) is 18.2 Å². The van der Waals surface area contributed by atoms with Crippen molar-refractivity contribution in [3.63, 3.8) is 0 Å². The molecule has 0 fully saturated rings. The number of amides is 2. The summed E-state index contributed by atoms with van der Waals surface area (Å²) in [5, 5.41) is 2.91. The summed E-state index contributed by atoms with van der Waals surface area (Å²) in [7, 11) is -3.16. The lowest BCUT2D eigenvalue weighted by Crippen LogP contribution is -2.48. The van der Waals surface area contributed by atoms with Gasteiger partial charge in [0.25, 0.3) is 0 Å². The number of halogens is 1. The number of carbonyl (C=O) groups excluding carboxylic acids is 1. The number of aryl methyl sites for hydroxylation is 1. The number of benzene rings is 1. The van der Waals surface area contributed by atoms with Crippen LogP contribution < -0.4 is 5.32 Å². The lowest BCUT2D eigenvalue weighted by molar-refractivity contribution is 0.183. The van der Waals surface area contributed by atoms with Gasteiger partial charge in [0.05, 0.1) is 11.8 Å². The molecule has 0 saturated heterocycles. The van der Waals surface area contributed by atoms with Crippen LogP contribution in [0.2, 0.25) is 0 Å². The Morgan fingerprint density at radius 1 is 1.48 bits per heavy atom. The van der Waals surface area contributed by atoms with E-state index in [1.807, 2.05) is 0 Å². The predicted octanol–water partition coefficient (Wildman–Crippen LogP) is 2.28. The van der Waals surface area contributed by atoms with Crippen LogP contribution >= 0.6 is 0 Å². The van der Waals surface area contributed by atoms with E-state index in [9.17, 15) is 17.6 Å². The summed E-state index contributed by atoms with van der Waals surface area (Å²) in [5.41, 5.74) is 1.86. The average Bonchev–Trinajstić information content (AvgIpc) is 2.80. The van der Waals surface area contributed by atoms with Crippen molar-refractivity contribution in [1.29, 1.82) is 0 Å². The minimum Gasteiger partial charge on any atom is -0.331 e. The second kappa shape index (κ2) is 6.86. The standard InChI is InChI=1S/C16H23FN2O3S/c1-4-19(11(2)10-23(3,21)22)16(20)18-15-8-6-12-5-7-13(17)9-14(12)15/h5,7,9,11,15H,4,6,8,10H2,1-3H3,(H,18,20)/t11-,15-/m0/s1. The summed E-state index contributed by atoms with van der Waals surface area (Å²) < 4.78 is 36.3. The number of sulfone groups is 1. The van der Waals surface area contributed by atoms with Crippen LogP contribution in [0.1, 0.15) is 37.4 Å². The number of urea groups is 1. The fourth-order valence-electron chi connectivity index (χ4n) is 3.14. The van der Waals surface area contributed by atoms with Gasteiger partial charge in [0.2, 0.25) is 0 Å². The summed E-state index contributed by atoms with van der Waals surface area (Å²) >= 11 is 0. The number of nitrogens with one attached hydrogen (secondary N) is 1. The number of hydrogen-bond acceptors (Lipinski definition) is 3. The lowest BCUT2D eigenvalue weighted by atomic mass is 10.1. The first-order valence-electron chi connectivity index (χ1n) is 7.74. The molecule has 0 saturated carbocycles. The molecule has 1 aliphatic carbocycles. The fraction of sp³-hybridized carbons (Fsp3) is 0.562. The zero-order valence-corrected chi connectivity index (χ0v) is 14.5. The molecule has 7 heteroatoms. The summed E-state index contributed by atoms with van der Waals surface area (Å²) in [5.74, 6) is -0.396. The Bertz CT molecular complexity index is 691. The molecule has 1 N–H and O–H groups in total. The highest BCUT2D eigenvalue weighted by Gasteiger charge is 2.28. The zero-order valence-electron chi connectivity index (χ0n) is 13.7. The van der Waals surface area contributed by atoms with Gasteiger partial charge < -0.3 is 10.2 Å². The van der Waals surface area contributed by atoms with Gasteiger partial charge in [-0.15, -0.1) is 0 Å². The van der Waals surface area contributed by atoms with Crippen molar-refractivity contribution in [3.8, 4) is 0 Å². The third-order valence-electron chi connectivity index (χ3n) is 4.16. The normalized spacial score (nSPS) is 18.3. The minimum atomic E-state index is -3.16. The van der Waals surface area contributed by atoms with Crippen molar-refractivity contribution in [3.05, 3.63) is 35.1 Å². The van der Waals surface area contributed by atoms with E-state index in [4.69, 9.17) is 0 Å². The van der Waals surface area contributed by atoms with Crippen molar-refractivity contribution in [2.45, 2.75) is 38.8 Å². The van der Waals surface area contributed by atoms with Crippen LogP contribution in [0.3, 0.4) is 0 Å². The smallest absolute Gasteiger partial charge is 0.318 e. The van der Waals surface area contributed by atoms with Crippen molar-refractivity contribution in [2.24, 2.45) is 0 Å². The van der Waals surface area contributed by atoms with Gasteiger partial charge in [-0.3, -0.25) is 0 Å². The van der Waals surface area contributed by atoms with E-state index in [0.29, 0.717) is 6.54 Å². The number of nitrogens with zero attached hydrogens (tertiary/aromatic N) is 1. The number of hydrogen-bond donors (Lipinski definition) is 1. The number of rotatable bonds is 5. The van der Waals surface area contributed by atoms with Gasteiger partial charge >= 0.3 is 6.03 Å². The Kier molecular flexibility index (Phi) is 5.29. The highest BCUT2D eigenvalue weighted by molar-refractivity contribution is 7.90. The van der Waals surface area contributed by atoms with Gasteiger partial charge in [-0.25, -0.2) is 17.6 Å². The molecule has 1 aromatic carbocycles. The average molecular weight is 342 g/mol.